The van der Waals surface area contributed by atoms with Gasteiger partial charge in [0.2, 0.25) is 0 Å². The number of hydrogen-bond donors (Lipinski definition) is 1. The molecule has 0 saturated heterocycles. The Morgan fingerprint density at radius 2 is 2.27 bits per heavy atom. The van der Waals surface area contributed by atoms with Gasteiger partial charge in [-0.2, -0.15) is 5.10 Å². The lowest BCUT2D eigenvalue weighted by Gasteiger charge is -2.10. The Hall–Kier alpha value is -1.32. The number of nitrogens with one attached hydrogen (secondary N) is 1. The van der Waals surface area contributed by atoms with Crippen LogP contribution < -0.4 is 5.32 Å². The predicted octanol–water partition coefficient (Wildman–Crippen LogP) is 1.74. The summed E-state index contributed by atoms with van der Waals surface area (Å²) in [5.41, 5.74) is 1.47. The van der Waals surface area contributed by atoms with E-state index in [4.69, 9.17) is 0 Å². The first kappa shape index (κ1) is 11.8. The highest BCUT2D eigenvalue weighted by molar-refractivity contribution is 5.95. The van der Waals surface area contributed by atoms with Gasteiger partial charge in [-0.05, 0) is 27.2 Å². The SMILES string of the molecule is CCC(C)NC(=O)c1cn(CC)nc1C. The summed E-state index contributed by atoms with van der Waals surface area (Å²) < 4.78 is 1.78. The summed E-state index contributed by atoms with van der Waals surface area (Å²) in [6.07, 6.45) is 2.74. The number of amides is 1. The van der Waals surface area contributed by atoms with Crippen LogP contribution in [0.5, 0.6) is 0 Å². The fourth-order valence-corrected chi connectivity index (χ4v) is 1.31. The van der Waals surface area contributed by atoms with Crippen LogP contribution in [-0.2, 0) is 6.54 Å². The largest absolute Gasteiger partial charge is 0.349 e. The van der Waals surface area contributed by atoms with Crippen molar-refractivity contribution >= 4 is 5.91 Å². The zero-order chi connectivity index (χ0) is 11.4. The molecule has 0 fully saturated rings. The fourth-order valence-electron chi connectivity index (χ4n) is 1.31. The van der Waals surface area contributed by atoms with Crippen molar-refractivity contribution in [3.05, 3.63) is 17.5 Å². The summed E-state index contributed by atoms with van der Waals surface area (Å²) in [5.74, 6) is -0.0263. The molecule has 0 bridgehead atoms. The van der Waals surface area contributed by atoms with E-state index in [1.165, 1.54) is 0 Å². The molecule has 15 heavy (non-hydrogen) atoms. The molecule has 1 heterocycles. The van der Waals surface area contributed by atoms with E-state index in [9.17, 15) is 4.79 Å². The molecule has 4 nitrogen and oxygen atoms in total. The van der Waals surface area contributed by atoms with Crippen molar-refractivity contribution in [2.75, 3.05) is 0 Å². The second-order valence-corrected chi connectivity index (χ2v) is 3.77. The Bertz CT molecular complexity index is 344. The maximum absolute atomic E-state index is 11.8. The number of carbonyl (C=O) groups excluding carboxylic acids is 1. The smallest absolute Gasteiger partial charge is 0.254 e. The molecule has 1 atom stereocenters. The summed E-state index contributed by atoms with van der Waals surface area (Å²) in [7, 11) is 0. The molecule has 0 aliphatic carbocycles. The minimum absolute atomic E-state index is 0.0263. The second-order valence-electron chi connectivity index (χ2n) is 3.77. The first-order valence-corrected chi connectivity index (χ1v) is 5.43. The first-order valence-electron chi connectivity index (χ1n) is 5.43. The number of rotatable bonds is 4. The van der Waals surface area contributed by atoms with Crippen molar-refractivity contribution in [3.8, 4) is 0 Å². The minimum atomic E-state index is -0.0263. The number of carbonyl (C=O) groups is 1. The van der Waals surface area contributed by atoms with Gasteiger partial charge in [-0.25, -0.2) is 0 Å². The number of aromatic nitrogens is 2. The second kappa shape index (κ2) is 4.96. The molecule has 4 heteroatoms. The van der Waals surface area contributed by atoms with E-state index < -0.39 is 0 Å². The third kappa shape index (κ3) is 2.81. The van der Waals surface area contributed by atoms with Crippen molar-refractivity contribution in [2.45, 2.75) is 46.7 Å². The van der Waals surface area contributed by atoms with Crippen molar-refractivity contribution in [1.82, 2.24) is 15.1 Å². The van der Waals surface area contributed by atoms with Gasteiger partial charge >= 0.3 is 0 Å². The highest BCUT2D eigenvalue weighted by Crippen LogP contribution is 2.06. The third-order valence-corrected chi connectivity index (χ3v) is 2.50. The first-order chi connectivity index (χ1) is 7.08. The average molecular weight is 209 g/mol. The number of hydrogen-bond acceptors (Lipinski definition) is 2. The lowest BCUT2D eigenvalue weighted by molar-refractivity contribution is 0.0938. The fraction of sp³-hybridized carbons (Fsp3) is 0.636. The van der Waals surface area contributed by atoms with Gasteiger partial charge in [0.1, 0.15) is 0 Å². The molecule has 0 aliphatic rings. The van der Waals surface area contributed by atoms with Gasteiger partial charge in [0.25, 0.3) is 5.91 Å². The number of nitrogens with zero attached hydrogens (tertiary/aromatic N) is 2. The van der Waals surface area contributed by atoms with E-state index in [0.29, 0.717) is 5.56 Å². The summed E-state index contributed by atoms with van der Waals surface area (Å²) in [5, 5.41) is 7.17. The van der Waals surface area contributed by atoms with Crippen molar-refractivity contribution < 1.29 is 4.79 Å². The molecule has 1 amide bonds. The zero-order valence-corrected chi connectivity index (χ0v) is 9.87. The quantitative estimate of drug-likeness (QED) is 0.821. The van der Waals surface area contributed by atoms with Crippen LogP contribution >= 0.6 is 0 Å². The maximum Gasteiger partial charge on any atom is 0.254 e. The summed E-state index contributed by atoms with van der Waals surface area (Å²) in [6.45, 7) is 8.70. The summed E-state index contributed by atoms with van der Waals surface area (Å²) >= 11 is 0. The molecule has 0 aliphatic heterocycles. The van der Waals surface area contributed by atoms with Crippen LogP contribution in [0.2, 0.25) is 0 Å². The normalized spacial score (nSPS) is 12.5. The molecule has 1 aromatic rings. The third-order valence-electron chi connectivity index (χ3n) is 2.50. The van der Waals surface area contributed by atoms with E-state index in [-0.39, 0.29) is 11.9 Å². The molecule has 1 aromatic heterocycles. The van der Waals surface area contributed by atoms with Crippen molar-refractivity contribution in [3.63, 3.8) is 0 Å². The van der Waals surface area contributed by atoms with Crippen LogP contribution in [0, 0.1) is 6.92 Å². The minimum Gasteiger partial charge on any atom is -0.349 e. The predicted molar refractivity (Wildman–Crippen MR) is 59.9 cm³/mol. The monoisotopic (exact) mass is 209 g/mol. The highest BCUT2D eigenvalue weighted by atomic mass is 16.1. The molecule has 0 saturated carbocycles. The Balaban J connectivity index is 2.77. The van der Waals surface area contributed by atoms with Crippen LogP contribution in [0.1, 0.15) is 43.2 Å². The zero-order valence-electron chi connectivity index (χ0n) is 9.87. The van der Waals surface area contributed by atoms with Gasteiger partial charge in [-0.3, -0.25) is 9.48 Å². The van der Waals surface area contributed by atoms with Crippen LogP contribution in [0.25, 0.3) is 0 Å². The summed E-state index contributed by atoms with van der Waals surface area (Å²) in [6, 6.07) is 0.210. The van der Waals surface area contributed by atoms with E-state index in [1.807, 2.05) is 27.7 Å². The molecule has 0 spiro atoms. The summed E-state index contributed by atoms with van der Waals surface area (Å²) in [4.78, 5) is 11.8. The maximum atomic E-state index is 11.8. The van der Waals surface area contributed by atoms with Crippen LogP contribution in [0.15, 0.2) is 6.20 Å². The van der Waals surface area contributed by atoms with Crippen LogP contribution in [0.3, 0.4) is 0 Å². The number of aryl methyl sites for hydroxylation is 2. The average Bonchev–Trinajstić information content (AvgIpc) is 2.59. The van der Waals surface area contributed by atoms with E-state index in [1.54, 1.807) is 10.9 Å². The lowest BCUT2D eigenvalue weighted by atomic mass is 10.2. The molecular formula is C11H19N3O. The van der Waals surface area contributed by atoms with Crippen molar-refractivity contribution in [2.24, 2.45) is 0 Å². The topological polar surface area (TPSA) is 46.9 Å². The molecule has 0 aromatic carbocycles. The van der Waals surface area contributed by atoms with E-state index in [2.05, 4.69) is 10.4 Å². The molecular weight excluding hydrogens is 190 g/mol. The van der Waals surface area contributed by atoms with Gasteiger partial charge in [0.05, 0.1) is 11.3 Å². The highest BCUT2D eigenvalue weighted by Gasteiger charge is 2.14. The van der Waals surface area contributed by atoms with E-state index in [0.717, 1.165) is 18.7 Å². The van der Waals surface area contributed by atoms with Gasteiger partial charge < -0.3 is 5.32 Å². The Morgan fingerprint density at radius 1 is 1.60 bits per heavy atom. The van der Waals surface area contributed by atoms with Crippen molar-refractivity contribution in [1.29, 1.82) is 0 Å². The molecule has 0 radical (unpaired) electrons. The Labute approximate surface area is 90.7 Å². The van der Waals surface area contributed by atoms with Gasteiger partial charge in [0, 0.05) is 18.8 Å². The Kier molecular flexibility index (Phi) is 3.88. The van der Waals surface area contributed by atoms with Gasteiger partial charge in [0.15, 0.2) is 0 Å². The molecule has 1 unspecified atom stereocenters. The van der Waals surface area contributed by atoms with E-state index >= 15 is 0 Å². The van der Waals surface area contributed by atoms with Gasteiger partial charge in [-0.1, -0.05) is 6.92 Å². The molecule has 1 rings (SSSR count). The standard InChI is InChI=1S/C11H19N3O/c1-5-8(3)12-11(15)10-7-14(6-2)13-9(10)4/h7-8H,5-6H2,1-4H3,(H,12,15). The van der Waals surface area contributed by atoms with Crippen LogP contribution in [0.4, 0.5) is 0 Å². The molecule has 1 N–H and O–H groups in total. The molecule has 84 valence electrons. The van der Waals surface area contributed by atoms with Crippen LogP contribution in [-0.4, -0.2) is 21.7 Å². The van der Waals surface area contributed by atoms with Gasteiger partial charge in [-0.15, -0.1) is 0 Å². The Morgan fingerprint density at radius 3 is 2.73 bits per heavy atom. The lowest BCUT2D eigenvalue weighted by Crippen LogP contribution is -2.32.